The molecule has 2 atom stereocenters. The number of rotatable bonds is 7. The maximum atomic E-state index is 11.5. The Labute approximate surface area is 113 Å². The third-order valence-corrected chi connectivity index (χ3v) is 3.70. The Morgan fingerprint density at radius 3 is 2.67 bits per heavy atom. The molecule has 0 fully saturated rings. The molecule has 1 amide bonds. The first-order chi connectivity index (χ1) is 8.61. The van der Waals surface area contributed by atoms with E-state index in [0.29, 0.717) is 24.6 Å². The molecule has 2 unspecified atom stereocenters. The van der Waals surface area contributed by atoms with Gasteiger partial charge in [-0.1, -0.05) is 37.3 Å². The lowest BCUT2D eigenvalue weighted by Gasteiger charge is -2.13. The molecule has 3 nitrogen and oxygen atoms in total. The summed E-state index contributed by atoms with van der Waals surface area (Å²) in [6.07, 6.45) is 2.53. The predicted octanol–water partition coefficient (Wildman–Crippen LogP) is 1.85. The van der Waals surface area contributed by atoms with Crippen LogP contribution in [0.1, 0.15) is 18.9 Å². The maximum Gasteiger partial charge on any atom is 0.221 e. The first-order valence-electron chi connectivity index (χ1n) is 6.13. The van der Waals surface area contributed by atoms with E-state index < -0.39 is 6.10 Å². The quantitative estimate of drug-likeness (QED) is 0.792. The number of carbonyl (C=O) groups excluding carboxylic acids is 1. The summed E-state index contributed by atoms with van der Waals surface area (Å²) >= 11 is 1.67. The summed E-state index contributed by atoms with van der Waals surface area (Å²) < 4.78 is 0. The predicted molar refractivity (Wildman–Crippen MR) is 76.8 cm³/mol. The molecule has 0 bridgehead atoms. The third kappa shape index (κ3) is 6.07. The Balaban J connectivity index is 2.25. The van der Waals surface area contributed by atoms with E-state index in [0.717, 1.165) is 5.56 Å². The monoisotopic (exact) mass is 267 g/mol. The van der Waals surface area contributed by atoms with Crippen LogP contribution in [0.25, 0.3) is 0 Å². The van der Waals surface area contributed by atoms with Gasteiger partial charge in [0.1, 0.15) is 0 Å². The van der Waals surface area contributed by atoms with Crippen LogP contribution in [0.4, 0.5) is 0 Å². The van der Waals surface area contributed by atoms with E-state index in [1.807, 2.05) is 43.5 Å². The van der Waals surface area contributed by atoms with E-state index in [2.05, 4.69) is 5.32 Å². The minimum absolute atomic E-state index is 0.00367. The van der Waals surface area contributed by atoms with Crippen LogP contribution in [0, 0.1) is 0 Å². The Kier molecular flexibility index (Phi) is 6.83. The summed E-state index contributed by atoms with van der Waals surface area (Å²) in [7, 11) is 0. The van der Waals surface area contributed by atoms with Crippen molar-refractivity contribution in [3.63, 3.8) is 0 Å². The number of carbonyl (C=O) groups is 1. The van der Waals surface area contributed by atoms with Gasteiger partial charge >= 0.3 is 0 Å². The first kappa shape index (κ1) is 15.1. The first-order valence-corrected chi connectivity index (χ1v) is 7.42. The summed E-state index contributed by atoms with van der Waals surface area (Å²) in [4.78, 5) is 11.5. The van der Waals surface area contributed by atoms with Gasteiger partial charge in [0.2, 0.25) is 5.91 Å². The summed E-state index contributed by atoms with van der Waals surface area (Å²) in [5.41, 5.74) is 1.08. The number of aliphatic hydroxyl groups excluding tert-OH is 1. The molecule has 1 aromatic rings. The van der Waals surface area contributed by atoms with Crippen molar-refractivity contribution in [2.24, 2.45) is 0 Å². The van der Waals surface area contributed by atoms with Crippen molar-refractivity contribution in [1.29, 1.82) is 0 Å². The largest absolute Gasteiger partial charge is 0.391 e. The van der Waals surface area contributed by atoms with Crippen molar-refractivity contribution in [1.82, 2.24) is 5.32 Å². The van der Waals surface area contributed by atoms with Crippen molar-refractivity contribution in [2.45, 2.75) is 31.1 Å². The second kappa shape index (κ2) is 8.16. The zero-order chi connectivity index (χ0) is 13.4. The van der Waals surface area contributed by atoms with Crippen LogP contribution in [0.15, 0.2) is 30.3 Å². The summed E-state index contributed by atoms with van der Waals surface area (Å²) in [6.45, 7) is 2.33. The van der Waals surface area contributed by atoms with E-state index in [1.165, 1.54) is 0 Å². The number of nitrogens with one attached hydrogen (secondary N) is 1. The molecular weight excluding hydrogens is 246 g/mol. The van der Waals surface area contributed by atoms with Gasteiger partial charge in [0, 0.05) is 24.6 Å². The number of hydrogen-bond donors (Lipinski definition) is 2. The fraction of sp³-hybridized carbons (Fsp3) is 0.500. The topological polar surface area (TPSA) is 49.3 Å². The second-order valence-corrected chi connectivity index (χ2v) is 5.67. The fourth-order valence-corrected chi connectivity index (χ4v) is 1.92. The zero-order valence-corrected chi connectivity index (χ0v) is 11.7. The van der Waals surface area contributed by atoms with Gasteiger partial charge in [-0.25, -0.2) is 0 Å². The van der Waals surface area contributed by atoms with Crippen LogP contribution in [-0.4, -0.2) is 35.2 Å². The lowest BCUT2D eigenvalue weighted by Crippen LogP contribution is -2.34. The zero-order valence-electron chi connectivity index (χ0n) is 10.9. The molecule has 0 aliphatic rings. The molecule has 0 aliphatic carbocycles. The molecule has 4 heteroatoms. The molecular formula is C14H21NO2S. The second-order valence-electron chi connectivity index (χ2n) is 4.40. The number of thioether (sulfide) groups is 1. The Morgan fingerprint density at radius 1 is 1.39 bits per heavy atom. The highest BCUT2D eigenvalue weighted by atomic mass is 32.2. The normalized spacial score (nSPS) is 13.9. The summed E-state index contributed by atoms with van der Waals surface area (Å²) in [6, 6.07) is 9.78. The van der Waals surface area contributed by atoms with Gasteiger partial charge in [0.05, 0.1) is 6.10 Å². The van der Waals surface area contributed by atoms with Crippen molar-refractivity contribution in [3.8, 4) is 0 Å². The van der Waals surface area contributed by atoms with Crippen LogP contribution in [0.2, 0.25) is 0 Å². The highest BCUT2D eigenvalue weighted by molar-refractivity contribution is 7.99. The Bertz CT molecular complexity index is 356. The van der Waals surface area contributed by atoms with Crippen LogP contribution < -0.4 is 5.32 Å². The summed E-state index contributed by atoms with van der Waals surface area (Å²) in [5.74, 6) is 0.00367. The lowest BCUT2D eigenvalue weighted by atomic mass is 10.1. The lowest BCUT2D eigenvalue weighted by molar-refractivity contribution is -0.121. The fourth-order valence-electron chi connectivity index (χ4n) is 1.61. The molecule has 0 saturated heterocycles. The van der Waals surface area contributed by atoms with Gasteiger partial charge in [-0.3, -0.25) is 4.79 Å². The Morgan fingerprint density at radius 2 is 2.06 bits per heavy atom. The third-order valence-electron chi connectivity index (χ3n) is 2.72. The highest BCUT2D eigenvalue weighted by Gasteiger charge is 2.10. The van der Waals surface area contributed by atoms with Crippen LogP contribution in [0.3, 0.4) is 0 Å². The summed E-state index contributed by atoms with van der Waals surface area (Å²) in [5, 5.41) is 12.9. The Hall–Kier alpha value is -1.00. The molecule has 0 aliphatic heterocycles. The molecule has 1 rings (SSSR count). The highest BCUT2D eigenvalue weighted by Crippen LogP contribution is 2.09. The molecule has 2 N–H and O–H groups in total. The molecule has 18 heavy (non-hydrogen) atoms. The van der Waals surface area contributed by atoms with E-state index in [1.54, 1.807) is 11.8 Å². The minimum atomic E-state index is -0.527. The van der Waals surface area contributed by atoms with Gasteiger partial charge < -0.3 is 10.4 Å². The van der Waals surface area contributed by atoms with E-state index in [-0.39, 0.29) is 5.91 Å². The molecule has 100 valence electrons. The van der Waals surface area contributed by atoms with E-state index in [9.17, 15) is 9.90 Å². The van der Waals surface area contributed by atoms with Gasteiger partial charge in [-0.05, 0) is 11.8 Å². The van der Waals surface area contributed by atoms with Crippen molar-refractivity contribution >= 4 is 17.7 Å². The van der Waals surface area contributed by atoms with Crippen LogP contribution in [0.5, 0.6) is 0 Å². The maximum absolute atomic E-state index is 11.5. The van der Waals surface area contributed by atoms with Gasteiger partial charge in [-0.2, -0.15) is 11.8 Å². The van der Waals surface area contributed by atoms with Gasteiger partial charge in [0.15, 0.2) is 0 Å². The smallest absolute Gasteiger partial charge is 0.221 e. The molecule has 0 aromatic heterocycles. The van der Waals surface area contributed by atoms with Gasteiger partial charge in [-0.15, -0.1) is 0 Å². The standard InChI is InChI=1S/C14H21NO2S/c1-11(18-2)8-14(17)15-10-13(16)9-12-6-4-3-5-7-12/h3-7,11,13,16H,8-10H2,1-2H3,(H,15,17). The average Bonchev–Trinajstić information content (AvgIpc) is 2.37. The van der Waals surface area contributed by atoms with E-state index in [4.69, 9.17) is 0 Å². The SMILES string of the molecule is CSC(C)CC(=O)NCC(O)Cc1ccccc1. The number of benzene rings is 1. The van der Waals surface area contributed by atoms with Crippen molar-refractivity contribution in [2.75, 3.05) is 12.8 Å². The number of amides is 1. The van der Waals surface area contributed by atoms with Crippen molar-refractivity contribution in [3.05, 3.63) is 35.9 Å². The number of hydrogen-bond acceptors (Lipinski definition) is 3. The number of aliphatic hydroxyl groups is 1. The molecule has 0 heterocycles. The van der Waals surface area contributed by atoms with Crippen LogP contribution in [-0.2, 0) is 11.2 Å². The molecule has 0 spiro atoms. The van der Waals surface area contributed by atoms with Crippen molar-refractivity contribution < 1.29 is 9.90 Å². The minimum Gasteiger partial charge on any atom is -0.391 e. The molecule has 0 radical (unpaired) electrons. The average molecular weight is 267 g/mol. The van der Waals surface area contributed by atoms with E-state index >= 15 is 0 Å². The molecule has 0 saturated carbocycles. The molecule has 1 aromatic carbocycles. The van der Waals surface area contributed by atoms with Crippen LogP contribution >= 0.6 is 11.8 Å². The van der Waals surface area contributed by atoms with Gasteiger partial charge in [0.25, 0.3) is 0 Å².